The number of H-pyrrole nitrogens is 1. The van der Waals surface area contributed by atoms with Crippen LogP contribution in [0.3, 0.4) is 0 Å². The van der Waals surface area contributed by atoms with Gasteiger partial charge in [-0.05, 0) is 49.6 Å². The van der Waals surface area contributed by atoms with E-state index < -0.39 is 9.84 Å². The zero-order valence-electron chi connectivity index (χ0n) is 16.0. The number of para-hydroxylation sites is 2. The summed E-state index contributed by atoms with van der Waals surface area (Å²) in [5.74, 6) is 0.924. The zero-order valence-corrected chi connectivity index (χ0v) is 16.8. The van der Waals surface area contributed by atoms with Crippen molar-refractivity contribution >= 4 is 26.8 Å². The normalized spacial score (nSPS) is 17.8. The second-order valence-electron chi connectivity index (χ2n) is 7.48. The minimum atomic E-state index is -3.36. The van der Waals surface area contributed by atoms with Gasteiger partial charge in [-0.25, -0.2) is 13.4 Å². The number of piperidine rings is 1. The smallest absolute Gasteiger partial charge is 0.254 e. The molecule has 1 atom stereocenters. The summed E-state index contributed by atoms with van der Waals surface area (Å²) in [6.45, 7) is 3.07. The van der Waals surface area contributed by atoms with Gasteiger partial charge in [-0.1, -0.05) is 18.2 Å². The van der Waals surface area contributed by atoms with Crippen LogP contribution in [0.25, 0.3) is 11.0 Å². The molecule has 1 saturated heterocycles. The Kier molecular flexibility index (Phi) is 4.71. The van der Waals surface area contributed by atoms with Gasteiger partial charge in [0.1, 0.15) is 5.82 Å². The van der Waals surface area contributed by atoms with Gasteiger partial charge in [0.15, 0.2) is 9.84 Å². The molecule has 4 rings (SSSR count). The van der Waals surface area contributed by atoms with Gasteiger partial charge in [-0.15, -0.1) is 0 Å². The van der Waals surface area contributed by atoms with Crippen LogP contribution in [0.2, 0.25) is 0 Å². The third-order valence-electron chi connectivity index (χ3n) is 5.37. The number of aromatic amines is 1. The van der Waals surface area contributed by atoms with E-state index in [9.17, 15) is 13.2 Å². The van der Waals surface area contributed by atoms with Crippen molar-refractivity contribution in [1.29, 1.82) is 0 Å². The van der Waals surface area contributed by atoms with E-state index in [0.717, 1.165) is 41.5 Å². The maximum atomic E-state index is 13.1. The highest BCUT2D eigenvalue weighted by molar-refractivity contribution is 7.90. The van der Waals surface area contributed by atoms with Crippen LogP contribution in [-0.2, 0) is 9.84 Å². The van der Waals surface area contributed by atoms with Crippen LogP contribution in [0.15, 0.2) is 47.4 Å². The average molecular weight is 398 g/mol. The summed E-state index contributed by atoms with van der Waals surface area (Å²) in [4.78, 5) is 23.2. The Bertz CT molecular complexity index is 1120. The Morgan fingerprint density at radius 1 is 1.21 bits per heavy atom. The molecular weight excluding hydrogens is 374 g/mol. The van der Waals surface area contributed by atoms with Gasteiger partial charge in [0, 0.05) is 30.8 Å². The molecule has 0 radical (unpaired) electrons. The van der Waals surface area contributed by atoms with Crippen molar-refractivity contribution in [3.63, 3.8) is 0 Å². The van der Waals surface area contributed by atoms with E-state index in [-0.39, 0.29) is 16.7 Å². The number of nitrogens with one attached hydrogen (secondary N) is 1. The largest absolute Gasteiger partial charge is 0.342 e. The van der Waals surface area contributed by atoms with Crippen molar-refractivity contribution in [3.05, 3.63) is 59.4 Å². The summed E-state index contributed by atoms with van der Waals surface area (Å²) in [6.07, 6.45) is 3.01. The van der Waals surface area contributed by atoms with Crippen LogP contribution >= 0.6 is 0 Å². The second-order valence-corrected chi connectivity index (χ2v) is 9.49. The van der Waals surface area contributed by atoms with Crippen LogP contribution in [0.4, 0.5) is 0 Å². The minimum Gasteiger partial charge on any atom is -0.342 e. The fraction of sp³-hybridized carbons (Fsp3) is 0.333. The molecule has 6 nitrogen and oxygen atoms in total. The van der Waals surface area contributed by atoms with Gasteiger partial charge in [0.05, 0.1) is 15.9 Å². The summed E-state index contributed by atoms with van der Waals surface area (Å²) in [6, 6.07) is 12.6. The molecule has 1 amide bonds. The summed E-state index contributed by atoms with van der Waals surface area (Å²) in [5, 5.41) is 0. The number of aryl methyl sites for hydroxylation is 1. The minimum absolute atomic E-state index is 0.121. The molecule has 0 saturated carbocycles. The average Bonchev–Trinajstić information content (AvgIpc) is 3.11. The molecule has 146 valence electrons. The summed E-state index contributed by atoms with van der Waals surface area (Å²) >= 11 is 0. The van der Waals surface area contributed by atoms with E-state index in [1.54, 1.807) is 12.1 Å². The maximum Gasteiger partial charge on any atom is 0.254 e. The molecule has 2 aromatic carbocycles. The number of carbonyl (C=O) groups is 1. The molecule has 3 aromatic rings. The Balaban J connectivity index is 1.60. The number of aromatic nitrogens is 2. The third kappa shape index (κ3) is 3.54. The maximum absolute atomic E-state index is 13.1. The first-order chi connectivity index (χ1) is 13.3. The number of amides is 1. The Labute approximate surface area is 164 Å². The molecule has 0 unspecified atom stereocenters. The molecule has 0 spiro atoms. The molecule has 1 aliphatic rings. The molecule has 1 aromatic heterocycles. The molecule has 7 heteroatoms. The molecule has 1 aliphatic heterocycles. The lowest BCUT2D eigenvalue weighted by Crippen LogP contribution is -2.39. The molecule has 0 aliphatic carbocycles. The van der Waals surface area contributed by atoms with E-state index in [4.69, 9.17) is 4.98 Å². The van der Waals surface area contributed by atoms with Crippen molar-refractivity contribution in [2.24, 2.45) is 0 Å². The van der Waals surface area contributed by atoms with E-state index >= 15 is 0 Å². The second kappa shape index (κ2) is 7.05. The molecule has 2 heterocycles. The number of hydrogen-bond acceptors (Lipinski definition) is 4. The molecular formula is C21H23N3O3S. The predicted octanol–water partition coefficient (Wildman–Crippen LogP) is 3.29. The first-order valence-electron chi connectivity index (χ1n) is 9.37. The standard InChI is InChI=1S/C21H23N3O3S/c1-14-9-10-16(28(2,26)27)12-17(14)21(25)24-11-5-6-15(13-24)20-22-18-7-3-4-8-19(18)23-20/h3-4,7-10,12,15H,5-6,11,13H2,1-2H3,(H,22,23)/t15-/m0/s1. The number of nitrogens with zero attached hydrogens (tertiary/aromatic N) is 2. The first-order valence-corrected chi connectivity index (χ1v) is 11.3. The SMILES string of the molecule is Cc1ccc(S(C)(=O)=O)cc1C(=O)N1CCC[C@H](c2nc3ccccc3[nH]2)C1. The van der Waals surface area contributed by atoms with Gasteiger partial charge in [0.25, 0.3) is 5.91 Å². The number of likely N-dealkylation sites (tertiary alicyclic amines) is 1. The number of carbonyl (C=O) groups excluding carboxylic acids is 1. The van der Waals surface area contributed by atoms with Gasteiger partial charge in [-0.2, -0.15) is 0 Å². The van der Waals surface area contributed by atoms with Crippen LogP contribution < -0.4 is 0 Å². The van der Waals surface area contributed by atoms with E-state index in [2.05, 4.69) is 4.98 Å². The number of benzene rings is 2. The van der Waals surface area contributed by atoms with Gasteiger partial charge < -0.3 is 9.88 Å². The lowest BCUT2D eigenvalue weighted by atomic mass is 9.96. The third-order valence-corrected chi connectivity index (χ3v) is 6.48. The summed E-state index contributed by atoms with van der Waals surface area (Å²) in [7, 11) is -3.36. The number of imidazole rings is 1. The molecule has 0 bridgehead atoms. The van der Waals surface area contributed by atoms with E-state index in [1.165, 1.54) is 6.07 Å². The van der Waals surface area contributed by atoms with Crippen LogP contribution in [-0.4, -0.2) is 48.5 Å². The number of hydrogen-bond donors (Lipinski definition) is 1. The number of sulfone groups is 1. The van der Waals surface area contributed by atoms with E-state index in [0.29, 0.717) is 18.7 Å². The first kappa shape index (κ1) is 18.7. The quantitative estimate of drug-likeness (QED) is 0.735. The number of rotatable bonds is 3. The Hall–Kier alpha value is -2.67. The van der Waals surface area contributed by atoms with Crippen LogP contribution in [0.5, 0.6) is 0 Å². The van der Waals surface area contributed by atoms with Crippen molar-refractivity contribution in [2.45, 2.75) is 30.6 Å². The van der Waals surface area contributed by atoms with Gasteiger partial charge >= 0.3 is 0 Å². The predicted molar refractivity (Wildman–Crippen MR) is 108 cm³/mol. The Morgan fingerprint density at radius 2 is 2.00 bits per heavy atom. The monoisotopic (exact) mass is 397 g/mol. The van der Waals surface area contributed by atoms with Crippen LogP contribution in [0, 0.1) is 6.92 Å². The molecule has 1 N–H and O–H groups in total. The highest BCUT2D eigenvalue weighted by Gasteiger charge is 2.28. The summed E-state index contributed by atoms with van der Waals surface area (Å²) in [5.41, 5.74) is 3.16. The summed E-state index contributed by atoms with van der Waals surface area (Å²) < 4.78 is 23.8. The van der Waals surface area contributed by atoms with Crippen molar-refractivity contribution in [1.82, 2.24) is 14.9 Å². The van der Waals surface area contributed by atoms with Crippen molar-refractivity contribution < 1.29 is 13.2 Å². The molecule has 1 fully saturated rings. The zero-order chi connectivity index (χ0) is 19.9. The van der Waals surface area contributed by atoms with Crippen molar-refractivity contribution in [2.75, 3.05) is 19.3 Å². The highest BCUT2D eigenvalue weighted by atomic mass is 32.2. The topological polar surface area (TPSA) is 83.1 Å². The molecule has 28 heavy (non-hydrogen) atoms. The lowest BCUT2D eigenvalue weighted by Gasteiger charge is -2.32. The number of fused-ring (bicyclic) bond motifs is 1. The Morgan fingerprint density at radius 3 is 2.75 bits per heavy atom. The van der Waals surface area contributed by atoms with Crippen LogP contribution in [0.1, 0.15) is 40.5 Å². The van der Waals surface area contributed by atoms with E-state index in [1.807, 2.05) is 36.1 Å². The van der Waals surface area contributed by atoms with Gasteiger partial charge in [-0.3, -0.25) is 4.79 Å². The highest BCUT2D eigenvalue weighted by Crippen LogP contribution is 2.28. The van der Waals surface area contributed by atoms with Gasteiger partial charge in [0.2, 0.25) is 0 Å². The van der Waals surface area contributed by atoms with Crippen molar-refractivity contribution in [3.8, 4) is 0 Å². The lowest BCUT2D eigenvalue weighted by molar-refractivity contribution is 0.0704. The fourth-order valence-corrected chi connectivity index (χ4v) is 4.43. The fourth-order valence-electron chi connectivity index (χ4n) is 3.78.